The van der Waals surface area contributed by atoms with E-state index in [0.29, 0.717) is 0 Å². The summed E-state index contributed by atoms with van der Waals surface area (Å²) in [6.45, 7) is 0.0707. The molecule has 1 amide bonds. The molecule has 2 heterocycles. The van der Waals surface area contributed by atoms with E-state index in [2.05, 4.69) is 14.7 Å². The van der Waals surface area contributed by atoms with Gasteiger partial charge < -0.3 is 34.3 Å². The molecule has 3 rings (SSSR count). The van der Waals surface area contributed by atoms with E-state index in [1.807, 2.05) is 0 Å². The van der Waals surface area contributed by atoms with Gasteiger partial charge in [-0.15, -0.1) is 13.2 Å². The molecule has 0 fully saturated rings. The minimum Gasteiger partial charge on any atom is -0.425 e. The average Bonchev–Trinajstić information content (AvgIpc) is 3.09. The fourth-order valence-corrected chi connectivity index (χ4v) is 2.76. The molecule has 0 spiro atoms. The summed E-state index contributed by atoms with van der Waals surface area (Å²) >= 11 is 0. The number of fused-ring (bicyclic) bond motifs is 1. The van der Waals surface area contributed by atoms with Crippen LogP contribution in [0.1, 0.15) is 10.5 Å². The maximum atomic E-state index is 12.7. The molecular weight excluding hydrogens is 413 g/mol. The number of nitrogens with one attached hydrogen (secondary N) is 1. The van der Waals surface area contributed by atoms with Crippen molar-refractivity contribution in [1.29, 1.82) is 0 Å². The number of carbonyl (C=O) groups excluding carboxylic acids is 1. The first-order valence-corrected chi connectivity index (χ1v) is 8.73. The summed E-state index contributed by atoms with van der Waals surface area (Å²) in [5.41, 5.74) is 0.0302. The monoisotopic (exact) mass is 432 g/mol. The summed E-state index contributed by atoms with van der Waals surface area (Å²) in [6, 6.07) is 4.65. The molecule has 10 nitrogen and oxygen atoms in total. The van der Waals surface area contributed by atoms with Gasteiger partial charge >= 0.3 is 12.4 Å². The number of rotatable bonds is 8. The molecule has 0 saturated carbocycles. The van der Waals surface area contributed by atoms with Gasteiger partial charge in [-0.25, -0.2) is 0 Å². The van der Waals surface area contributed by atoms with E-state index in [1.165, 1.54) is 24.1 Å². The largest absolute Gasteiger partial charge is 0.573 e. The number of anilines is 1. The highest BCUT2D eigenvalue weighted by Crippen LogP contribution is 2.32. The Labute approximate surface area is 168 Å². The van der Waals surface area contributed by atoms with Gasteiger partial charge in [-0.3, -0.25) is 9.69 Å². The predicted molar refractivity (Wildman–Crippen MR) is 95.1 cm³/mol. The van der Waals surface area contributed by atoms with Crippen LogP contribution in [0.25, 0.3) is 0 Å². The molecule has 1 unspecified atom stereocenters. The van der Waals surface area contributed by atoms with Crippen LogP contribution >= 0.6 is 0 Å². The summed E-state index contributed by atoms with van der Waals surface area (Å²) in [4.78, 5) is 21.9. The number of carbonyl (C=O) groups is 1. The number of aromatic nitrogens is 2. The second-order valence-corrected chi connectivity index (χ2v) is 6.16. The summed E-state index contributed by atoms with van der Waals surface area (Å²) < 4.78 is 51.5. The van der Waals surface area contributed by atoms with Crippen molar-refractivity contribution in [3.8, 4) is 17.5 Å². The number of alkyl halides is 3. The summed E-state index contributed by atoms with van der Waals surface area (Å²) in [7, 11) is 1.50. The van der Waals surface area contributed by atoms with E-state index in [1.54, 1.807) is 0 Å². The molecule has 1 aromatic heterocycles. The van der Waals surface area contributed by atoms with Gasteiger partial charge in [0.1, 0.15) is 11.5 Å². The van der Waals surface area contributed by atoms with Gasteiger partial charge in [0.05, 0.1) is 19.8 Å². The van der Waals surface area contributed by atoms with Crippen molar-refractivity contribution in [2.24, 2.45) is 0 Å². The molecule has 164 valence electrons. The molecule has 2 aromatic rings. The molecule has 1 aliphatic rings. The molecule has 1 aliphatic heterocycles. The normalized spacial score (nSPS) is 16.6. The number of nitrogens with zero attached hydrogens (tertiary/aromatic N) is 3. The average molecular weight is 432 g/mol. The number of imidazole rings is 1. The first-order chi connectivity index (χ1) is 14.2. The van der Waals surface area contributed by atoms with Crippen LogP contribution in [-0.4, -0.2) is 77.1 Å². The molecule has 30 heavy (non-hydrogen) atoms. The van der Waals surface area contributed by atoms with Gasteiger partial charge in [0.15, 0.2) is 11.5 Å². The molecule has 13 heteroatoms. The topological polar surface area (TPSA) is 120 Å². The number of halogens is 3. The van der Waals surface area contributed by atoms with Crippen LogP contribution < -0.4 is 14.4 Å². The fourth-order valence-electron chi connectivity index (χ4n) is 2.76. The summed E-state index contributed by atoms with van der Waals surface area (Å²) in [5.74, 6) is -0.945. The highest BCUT2D eigenvalue weighted by molar-refractivity contribution is 5.99. The first-order valence-electron chi connectivity index (χ1n) is 8.73. The smallest absolute Gasteiger partial charge is 0.425 e. The predicted octanol–water partition coefficient (Wildman–Crippen LogP) is 1.28. The standard InChI is InChI=1S/C17H19F3N4O6/c1-23-13-12(14(26)24(16(23)27)5-7-28-8-6-25)21-15(22-13)29-10-3-2-4-11(9-10)30-17(18,19)20/h2-4,9,16,25,27H,5-8H2,1H3,(H,21,22). The molecule has 1 atom stereocenters. The van der Waals surface area contributed by atoms with Gasteiger partial charge in [-0.1, -0.05) is 6.07 Å². The number of aromatic amines is 1. The lowest BCUT2D eigenvalue weighted by Crippen LogP contribution is -2.54. The van der Waals surface area contributed by atoms with Crippen molar-refractivity contribution in [1.82, 2.24) is 14.9 Å². The Morgan fingerprint density at radius 3 is 2.70 bits per heavy atom. The molecular formula is C17H19F3N4O6. The van der Waals surface area contributed by atoms with E-state index < -0.39 is 24.4 Å². The van der Waals surface area contributed by atoms with E-state index in [0.717, 1.165) is 17.0 Å². The van der Waals surface area contributed by atoms with E-state index in [9.17, 15) is 23.1 Å². The van der Waals surface area contributed by atoms with Gasteiger partial charge in [0, 0.05) is 19.7 Å². The number of hydrogen-bond acceptors (Lipinski definition) is 8. The number of aliphatic hydroxyl groups excluding tert-OH is 2. The van der Waals surface area contributed by atoms with Crippen LogP contribution in [0.15, 0.2) is 24.3 Å². The van der Waals surface area contributed by atoms with E-state index >= 15 is 0 Å². The lowest BCUT2D eigenvalue weighted by Gasteiger charge is -2.37. The Hall–Kier alpha value is -3.03. The number of benzene rings is 1. The Morgan fingerprint density at radius 1 is 1.27 bits per heavy atom. The Kier molecular flexibility index (Phi) is 6.34. The third kappa shape index (κ3) is 4.93. The van der Waals surface area contributed by atoms with Crippen LogP contribution in [0.3, 0.4) is 0 Å². The quantitative estimate of drug-likeness (QED) is 0.534. The summed E-state index contributed by atoms with van der Waals surface area (Å²) in [5, 5.41) is 19.1. The second kappa shape index (κ2) is 8.77. The Bertz CT molecular complexity index is 891. The van der Waals surface area contributed by atoms with Gasteiger partial charge in [0.2, 0.25) is 6.35 Å². The Morgan fingerprint density at radius 2 is 2.00 bits per heavy atom. The maximum absolute atomic E-state index is 12.7. The second-order valence-electron chi connectivity index (χ2n) is 6.16. The minimum absolute atomic E-state index is 0.00671. The van der Waals surface area contributed by atoms with E-state index in [4.69, 9.17) is 14.6 Å². The maximum Gasteiger partial charge on any atom is 0.573 e. The van der Waals surface area contributed by atoms with Crippen molar-refractivity contribution < 1.29 is 42.4 Å². The number of H-pyrrole nitrogens is 1. The lowest BCUT2D eigenvalue weighted by molar-refractivity contribution is -0.274. The van der Waals surface area contributed by atoms with Crippen LogP contribution in [0.5, 0.6) is 17.5 Å². The van der Waals surface area contributed by atoms with Crippen molar-refractivity contribution in [3.05, 3.63) is 30.0 Å². The first kappa shape index (κ1) is 21.7. The minimum atomic E-state index is -4.85. The van der Waals surface area contributed by atoms with Crippen molar-refractivity contribution in [2.75, 3.05) is 38.3 Å². The van der Waals surface area contributed by atoms with Crippen LogP contribution in [0.4, 0.5) is 19.0 Å². The van der Waals surface area contributed by atoms with Crippen molar-refractivity contribution in [2.45, 2.75) is 12.7 Å². The van der Waals surface area contributed by atoms with Gasteiger partial charge in [-0.2, -0.15) is 4.98 Å². The van der Waals surface area contributed by atoms with Crippen LogP contribution in [0.2, 0.25) is 0 Å². The molecule has 0 aliphatic carbocycles. The van der Waals surface area contributed by atoms with Crippen LogP contribution in [-0.2, 0) is 4.74 Å². The Balaban J connectivity index is 1.76. The van der Waals surface area contributed by atoms with Crippen LogP contribution in [0, 0.1) is 0 Å². The zero-order valence-corrected chi connectivity index (χ0v) is 15.7. The zero-order chi connectivity index (χ0) is 21.9. The highest BCUT2D eigenvalue weighted by atomic mass is 19.4. The third-order valence-corrected chi connectivity index (χ3v) is 4.06. The molecule has 0 saturated heterocycles. The van der Waals surface area contributed by atoms with Crippen molar-refractivity contribution >= 4 is 11.7 Å². The molecule has 3 N–H and O–H groups in total. The number of hydrogen-bond donors (Lipinski definition) is 3. The lowest BCUT2D eigenvalue weighted by atomic mass is 10.3. The summed E-state index contributed by atoms with van der Waals surface area (Å²) in [6.07, 6.45) is -6.17. The SMILES string of the molecule is CN1c2nc(Oc3cccc(OC(F)(F)F)c3)[nH]c2C(=O)N(CCOCCO)C1O. The third-order valence-electron chi connectivity index (χ3n) is 4.06. The molecule has 0 radical (unpaired) electrons. The highest BCUT2D eigenvalue weighted by Gasteiger charge is 2.38. The van der Waals surface area contributed by atoms with Gasteiger partial charge in [-0.05, 0) is 12.1 Å². The number of aliphatic hydroxyl groups is 2. The molecule has 0 bridgehead atoms. The van der Waals surface area contributed by atoms with Gasteiger partial charge in [0.25, 0.3) is 5.91 Å². The zero-order valence-electron chi connectivity index (χ0n) is 15.7. The fraction of sp³-hybridized carbons (Fsp3) is 0.412. The number of ether oxygens (including phenoxy) is 3. The van der Waals surface area contributed by atoms with E-state index in [-0.39, 0.29) is 49.6 Å². The molecule has 1 aromatic carbocycles. The van der Waals surface area contributed by atoms with Crippen molar-refractivity contribution in [3.63, 3.8) is 0 Å². The number of amides is 1.